The number of carbonyl (C=O) groups is 2. The third kappa shape index (κ3) is 4.16. The lowest BCUT2D eigenvalue weighted by Crippen LogP contribution is -2.48. The molecule has 1 fully saturated rings. The van der Waals surface area contributed by atoms with Crippen molar-refractivity contribution in [1.29, 1.82) is 0 Å². The molecule has 0 saturated carbocycles. The number of anilines is 1. The number of hydrogen-bond donors (Lipinski definition) is 1. The van der Waals surface area contributed by atoms with Gasteiger partial charge >= 0.3 is 0 Å². The number of nitrogens with zero attached hydrogens (tertiary/aromatic N) is 2. The minimum absolute atomic E-state index is 0.0351. The molecule has 28 heavy (non-hydrogen) atoms. The van der Waals surface area contributed by atoms with Crippen molar-refractivity contribution in [2.75, 3.05) is 37.2 Å². The first-order valence-corrected chi connectivity index (χ1v) is 10.4. The molecular formula is C20H19ClFN3O2S. The Balaban J connectivity index is 1.37. The predicted molar refractivity (Wildman–Crippen MR) is 108 cm³/mol. The maximum Gasteiger partial charge on any atom is 0.254 e. The highest BCUT2D eigenvalue weighted by Crippen LogP contribution is 2.32. The van der Waals surface area contributed by atoms with Crippen molar-refractivity contribution in [2.45, 2.75) is 11.4 Å². The van der Waals surface area contributed by atoms with Crippen LogP contribution in [0.5, 0.6) is 0 Å². The maximum absolute atomic E-state index is 13.2. The largest absolute Gasteiger partial charge is 0.336 e. The average Bonchev–Trinajstić information content (AvgIpc) is 2.69. The summed E-state index contributed by atoms with van der Waals surface area (Å²) in [6, 6.07) is 9.90. The van der Waals surface area contributed by atoms with Crippen LogP contribution in [0.25, 0.3) is 0 Å². The van der Waals surface area contributed by atoms with E-state index in [1.165, 1.54) is 23.9 Å². The highest BCUT2D eigenvalue weighted by atomic mass is 35.5. The van der Waals surface area contributed by atoms with Crippen molar-refractivity contribution in [3.05, 3.63) is 58.4 Å². The molecule has 2 aromatic rings. The van der Waals surface area contributed by atoms with Gasteiger partial charge in [0, 0.05) is 48.2 Å². The predicted octanol–water partition coefficient (Wildman–Crippen LogP) is 3.48. The second-order valence-corrected chi connectivity index (χ2v) is 8.28. The summed E-state index contributed by atoms with van der Waals surface area (Å²) in [7, 11) is 0. The summed E-state index contributed by atoms with van der Waals surface area (Å²) in [5.41, 5.74) is 2.17. The summed E-state index contributed by atoms with van der Waals surface area (Å²) in [6.45, 7) is 3.28. The molecule has 2 aromatic carbocycles. The zero-order valence-electron chi connectivity index (χ0n) is 15.1. The van der Waals surface area contributed by atoms with Crippen LogP contribution in [0.3, 0.4) is 0 Å². The number of benzene rings is 2. The summed E-state index contributed by atoms with van der Waals surface area (Å²) in [5.74, 6) is -0.0218. The molecule has 0 aliphatic carbocycles. The molecule has 1 N–H and O–H groups in total. The first-order valence-electron chi connectivity index (χ1n) is 9.02. The Morgan fingerprint density at radius 2 is 1.93 bits per heavy atom. The molecule has 146 valence electrons. The van der Waals surface area contributed by atoms with Crippen LogP contribution in [0.1, 0.15) is 15.9 Å². The monoisotopic (exact) mass is 419 g/mol. The number of nitrogens with one attached hydrogen (secondary N) is 1. The molecule has 5 nitrogen and oxygen atoms in total. The highest BCUT2D eigenvalue weighted by Gasteiger charge is 2.24. The highest BCUT2D eigenvalue weighted by molar-refractivity contribution is 8.00. The van der Waals surface area contributed by atoms with E-state index in [4.69, 9.17) is 11.6 Å². The van der Waals surface area contributed by atoms with E-state index in [0.717, 1.165) is 23.5 Å². The van der Waals surface area contributed by atoms with Crippen LogP contribution in [0.2, 0.25) is 5.02 Å². The van der Waals surface area contributed by atoms with E-state index < -0.39 is 0 Å². The maximum atomic E-state index is 13.2. The standard InChI is InChI=1S/C20H19ClFN3O2S/c21-16-10-15(22)3-1-14(16)11-24-5-7-25(8-6-24)20(27)13-2-4-18-17(9-13)23-19(26)12-28-18/h1-4,9-10H,5-8,11-12H2,(H,23,26). The van der Waals surface area contributed by atoms with E-state index in [1.807, 2.05) is 17.0 Å². The van der Waals surface area contributed by atoms with Crippen LogP contribution < -0.4 is 5.32 Å². The van der Waals surface area contributed by atoms with Crippen molar-refractivity contribution < 1.29 is 14.0 Å². The third-order valence-electron chi connectivity index (χ3n) is 4.93. The number of piperazine rings is 1. The lowest BCUT2D eigenvalue weighted by atomic mass is 10.1. The average molecular weight is 420 g/mol. The van der Waals surface area contributed by atoms with E-state index in [1.54, 1.807) is 12.1 Å². The summed E-state index contributed by atoms with van der Waals surface area (Å²) in [5, 5.41) is 3.25. The quantitative estimate of drug-likeness (QED) is 0.827. The Hall–Kier alpha value is -2.09. The summed E-state index contributed by atoms with van der Waals surface area (Å²) < 4.78 is 13.2. The fourth-order valence-corrected chi connectivity index (χ4v) is 4.41. The van der Waals surface area contributed by atoms with E-state index in [2.05, 4.69) is 10.2 Å². The number of halogens is 2. The van der Waals surface area contributed by atoms with Gasteiger partial charge in [0.15, 0.2) is 0 Å². The van der Waals surface area contributed by atoms with Crippen LogP contribution in [0, 0.1) is 5.82 Å². The van der Waals surface area contributed by atoms with Crippen molar-refractivity contribution in [3.8, 4) is 0 Å². The van der Waals surface area contributed by atoms with E-state index in [9.17, 15) is 14.0 Å². The van der Waals surface area contributed by atoms with Crippen LogP contribution in [-0.4, -0.2) is 53.5 Å². The number of thioether (sulfide) groups is 1. The van der Waals surface area contributed by atoms with Gasteiger partial charge in [0.2, 0.25) is 5.91 Å². The molecule has 0 bridgehead atoms. The van der Waals surface area contributed by atoms with Gasteiger partial charge in [0.25, 0.3) is 5.91 Å². The molecular weight excluding hydrogens is 401 g/mol. The fraction of sp³-hybridized carbons (Fsp3) is 0.300. The van der Waals surface area contributed by atoms with Crippen molar-refractivity contribution in [2.24, 2.45) is 0 Å². The summed E-state index contributed by atoms with van der Waals surface area (Å²) in [6.07, 6.45) is 0. The van der Waals surface area contributed by atoms with Crippen molar-refractivity contribution >= 4 is 40.9 Å². The molecule has 2 aliphatic rings. The van der Waals surface area contributed by atoms with E-state index in [0.29, 0.717) is 41.7 Å². The van der Waals surface area contributed by atoms with Gasteiger partial charge in [0.1, 0.15) is 5.82 Å². The fourth-order valence-electron chi connectivity index (χ4n) is 3.40. The molecule has 0 spiro atoms. The minimum atomic E-state index is -0.344. The zero-order chi connectivity index (χ0) is 19.7. The summed E-state index contributed by atoms with van der Waals surface area (Å²) in [4.78, 5) is 29.4. The second kappa shape index (κ2) is 8.11. The molecule has 0 radical (unpaired) electrons. The molecule has 0 atom stereocenters. The number of hydrogen-bond acceptors (Lipinski definition) is 4. The van der Waals surface area contributed by atoms with Gasteiger partial charge in [-0.15, -0.1) is 11.8 Å². The molecule has 2 heterocycles. The lowest BCUT2D eigenvalue weighted by molar-refractivity contribution is -0.113. The van der Waals surface area contributed by atoms with Gasteiger partial charge in [-0.3, -0.25) is 14.5 Å². The van der Waals surface area contributed by atoms with Crippen LogP contribution >= 0.6 is 23.4 Å². The molecule has 2 aliphatic heterocycles. The van der Waals surface area contributed by atoms with Gasteiger partial charge in [-0.1, -0.05) is 17.7 Å². The van der Waals surface area contributed by atoms with Crippen molar-refractivity contribution in [3.63, 3.8) is 0 Å². The van der Waals surface area contributed by atoms with Gasteiger partial charge < -0.3 is 10.2 Å². The van der Waals surface area contributed by atoms with Gasteiger partial charge in [-0.25, -0.2) is 4.39 Å². The summed E-state index contributed by atoms with van der Waals surface area (Å²) >= 11 is 7.59. The SMILES string of the molecule is O=C1CSc2ccc(C(=O)N3CCN(Cc4ccc(F)cc4Cl)CC3)cc2N1. The van der Waals surface area contributed by atoms with Crippen LogP contribution in [0.4, 0.5) is 10.1 Å². The first-order chi connectivity index (χ1) is 13.5. The topological polar surface area (TPSA) is 52.7 Å². The van der Waals surface area contributed by atoms with Gasteiger partial charge in [-0.2, -0.15) is 0 Å². The lowest BCUT2D eigenvalue weighted by Gasteiger charge is -2.35. The Bertz CT molecular complexity index is 932. The van der Waals surface area contributed by atoms with E-state index >= 15 is 0 Å². The number of fused-ring (bicyclic) bond motifs is 1. The molecule has 2 amide bonds. The molecule has 0 aromatic heterocycles. The minimum Gasteiger partial charge on any atom is -0.336 e. The Morgan fingerprint density at radius 1 is 1.14 bits per heavy atom. The molecule has 8 heteroatoms. The van der Waals surface area contributed by atoms with Crippen LogP contribution in [0.15, 0.2) is 41.3 Å². The number of amides is 2. The van der Waals surface area contributed by atoms with Crippen molar-refractivity contribution in [1.82, 2.24) is 9.80 Å². The smallest absolute Gasteiger partial charge is 0.254 e. The Morgan fingerprint density at radius 3 is 2.68 bits per heavy atom. The number of rotatable bonds is 3. The molecule has 4 rings (SSSR count). The third-order valence-corrected chi connectivity index (χ3v) is 6.35. The van der Waals surface area contributed by atoms with Gasteiger partial charge in [0.05, 0.1) is 11.4 Å². The Labute approximate surface area is 171 Å². The van der Waals surface area contributed by atoms with Gasteiger partial charge in [-0.05, 0) is 35.9 Å². The molecule has 1 saturated heterocycles. The Kier molecular flexibility index (Phi) is 5.57. The second-order valence-electron chi connectivity index (χ2n) is 6.85. The van der Waals surface area contributed by atoms with E-state index in [-0.39, 0.29) is 17.6 Å². The number of carbonyl (C=O) groups excluding carboxylic acids is 2. The molecule has 0 unspecified atom stereocenters. The normalized spacial score (nSPS) is 17.2. The van der Waals surface area contributed by atoms with Crippen LogP contribution in [-0.2, 0) is 11.3 Å². The first kappa shape index (κ1) is 19.2. The zero-order valence-corrected chi connectivity index (χ0v) is 16.7.